The molecule has 0 atom stereocenters. The molecule has 0 saturated heterocycles. The molecule has 0 aliphatic carbocycles. The first-order valence-electron chi connectivity index (χ1n) is 3.67. The second-order valence-corrected chi connectivity index (χ2v) is 2.57. The van der Waals surface area contributed by atoms with Crippen molar-refractivity contribution in [2.24, 2.45) is 7.05 Å². The first-order valence-corrected chi connectivity index (χ1v) is 3.67. The molecule has 2 heterocycles. The molecule has 2 aromatic heterocycles. The lowest BCUT2D eigenvalue weighted by atomic mass is 10.3. The molecule has 0 aliphatic rings. The van der Waals surface area contributed by atoms with Crippen LogP contribution in [0, 0.1) is 0 Å². The number of H-pyrrole nitrogens is 1. The van der Waals surface area contributed by atoms with Gasteiger partial charge in [0, 0.05) is 13.2 Å². The number of aryl methyl sites for hydroxylation is 1. The number of rotatable bonds is 1. The summed E-state index contributed by atoms with van der Waals surface area (Å²) in [5.74, 6) is 0. The monoisotopic (exact) mass is 177 g/mol. The second-order valence-electron chi connectivity index (χ2n) is 2.57. The lowest BCUT2D eigenvalue weighted by Gasteiger charge is -1.90. The average Bonchev–Trinajstić information content (AvgIpc) is 2.53. The molecule has 2 rings (SSSR count). The van der Waals surface area contributed by atoms with Crippen LogP contribution in [0.15, 0.2) is 23.5 Å². The van der Waals surface area contributed by atoms with Gasteiger partial charge in [0.05, 0.1) is 18.1 Å². The largest absolute Gasteiger partial charge is 0.313 e. The van der Waals surface area contributed by atoms with E-state index in [4.69, 9.17) is 0 Å². The fourth-order valence-corrected chi connectivity index (χ4v) is 0.997. The topological polar surface area (TPSA) is 76.5 Å². The van der Waals surface area contributed by atoms with Gasteiger partial charge in [-0.3, -0.25) is 9.48 Å². The van der Waals surface area contributed by atoms with Crippen molar-refractivity contribution in [3.05, 3.63) is 29.1 Å². The smallest absolute Gasteiger partial charge is 0.260 e. The molecule has 6 nitrogen and oxygen atoms in total. The molecule has 66 valence electrons. The molecule has 0 spiro atoms. The van der Waals surface area contributed by atoms with Crippen LogP contribution < -0.4 is 5.56 Å². The van der Waals surface area contributed by atoms with Gasteiger partial charge in [-0.1, -0.05) is 5.21 Å². The lowest BCUT2D eigenvalue weighted by molar-refractivity contribution is 0.715. The summed E-state index contributed by atoms with van der Waals surface area (Å²) in [7, 11) is 1.74. The van der Waals surface area contributed by atoms with Crippen LogP contribution in [0.1, 0.15) is 0 Å². The molecule has 0 unspecified atom stereocenters. The minimum absolute atomic E-state index is 0.212. The van der Waals surface area contributed by atoms with E-state index >= 15 is 0 Å². The van der Waals surface area contributed by atoms with E-state index in [2.05, 4.69) is 20.3 Å². The Labute approximate surface area is 73.2 Å². The summed E-state index contributed by atoms with van der Waals surface area (Å²) < 4.78 is 1.53. The predicted molar refractivity (Wildman–Crippen MR) is 44.9 cm³/mol. The predicted octanol–water partition coefficient (Wildman–Crippen LogP) is -0.435. The van der Waals surface area contributed by atoms with Gasteiger partial charge in [0.1, 0.15) is 5.69 Å². The third-order valence-electron chi connectivity index (χ3n) is 1.60. The van der Waals surface area contributed by atoms with E-state index in [1.165, 1.54) is 17.2 Å². The number of hydrogen-bond acceptors (Lipinski definition) is 4. The normalized spacial score (nSPS) is 10.2. The lowest BCUT2D eigenvalue weighted by Crippen LogP contribution is -2.08. The third kappa shape index (κ3) is 1.33. The van der Waals surface area contributed by atoms with Gasteiger partial charge in [-0.2, -0.15) is 0 Å². The highest BCUT2D eigenvalue weighted by molar-refractivity contribution is 5.54. The summed E-state index contributed by atoms with van der Waals surface area (Å²) in [6, 6.07) is 0. The van der Waals surface area contributed by atoms with Crippen molar-refractivity contribution < 1.29 is 0 Å². The van der Waals surface area contributed by atoms with Gasteiger partial charge < -0.3 is 4.98 Å². The fraction of sp³-hybridized carbons (Fsp3) is 0.143. The van der Waals surface area contributed by atoms with E-state index in [0.29, 0.717) is 11.3 Å². The minimum Gasteiger partial charge on any atom is -0.313 e. The van der Waals surface area contributed by atoms with Crippen molar-refractivity contribution >= 4 is 0 Å². The average molecular weight is 177 g/mol. The Bertz CT molecular complexity index is 471. The van der Waals surface area contributed by atoms with Crippen molar-refractivity contribution in [1.82, 2.24) is 25.0 Å². The van der Waals surface area contributed by atoms with Crippen LogP contribution in [-0.2, 0) is 7.05 Å². The van der Waals surface area contributed by atoms with Gasteiger partial charge in [0.25, 0.3) is 5.56 Å². The van der Waals surface area contributed by atoms with Gasteiger partial charge in [0.2, 0.25) is 0 Å². The Morgan fingerprint density at radius 2 is 2.38 bits per heavy atom. The highest BCUT2D eigenvalue weighted by atomic mass is 16.1. The molecule has 0 amide bonds. The maximum atomic E-state index is 11.3. The van der Waals surface area contributed by atoms with Gasteiger partial charge in [-0.25, -0.2) is 4.98 Å². The fourth-order valence-electron chi connectivity index (χ4n) is 0.997. The molecule has 13 heavy (non-hydrogen) atoms. The van der Waals surface area contributed by atoms with Gasteiger partial charge in [-0.05, 0) is 0 Å². The number of nitrogens with one attached hydrogen (secondary N) is 1. The Hall–Kier alpha value is -1.98. The molecular formula is C7H7N5O. The van der Waals surface area contributed by atoms with E-state index in [0.717, 1.165) is 0 Å². The Morgan fingerprint density at radius 3 is 3.00 bits per heavy atom. The molecule has 1 N–H and O–H groups in total. The molecule has 6 heteroatoms. The maximum absolute atomic E-state index is 11.3. The summed E-state index contributed by atoms with van der Waals surface area (Å²) in [6.45, 7) is 0. The van der Waals surface area contributed by atoms with Crippen molar-refractivity contribution in [2.75, 3.05) is 0 Å². The number of aromatic nitrogens is 5. The zero-order valence-electron chi connectivity index (χ0n) is 6.93. The zero-order valence-corrected chi connectivity index (χ0v) is 6.93. The Morgan fingerprint density at radius 1 is 1.54 bits per heavy atom. The van der Waals surface area contributed by atoms with Crippen LogP contribution in [-0.4, -0.2) is 25.0 Å². The first-order chi connectivity index (χ1) is 6.27. The molecule has 0 radical (unpaired) electrons. The second kappa shape index (κ2) is 2.81. The highest BCUT2D eigenvalue weighted by Gasteiger charge is 2.05. The molecular weight excluding hydrogens is 170 g/mol. The van der Waals surface area contributed by atoms with Crippen LogP contribution in [0.4, 0.5) is 0 Å². The van der Waals surface area contributed by atoms with Crippen molar-refractivity contribution in [3.8, 4) is 11.3 Å². The van der Waals surface area contributed by atoms with E-state index in [-0.39, 0.29) is 5.56 Å². The summed E-state index contributed by atoms with van der Waals surface area (Å²) in [6.07, 6.45) is 4.46. The van der Waals surface area contributed by atoms with Crippen LogP contribution >= 0.6 is 0 Å². The molecule has 0 fully saturated rings. The summed E-state index contributed by atoms with van der Waals surface area (Å²) in [4.78, 5) is 17.5. The Balaban J connectivity index is 2.59. The minimum atomic E-state index is -0.212. The summed E-state index contributed by atoms with van der Waals surface area (Å²) >= 11 is 0. The molecule has 0 bridgehead atoms. The van der Waals surface area contributed by atoms with Crippen LogP contribution in [0.2, 0.25) is 0 Å². The molecule has 2 aromatic rings. The number of hydrogen-bond donors (Lipinski definition) is 1. The summed E-state index contributed by atoms with van der Waals surface area (Å²) in [5.41, 5.74) is 0.739. The first kappa shape index (κ1) is 7.66. The quantitative estimate of drug-likeness (QED) is 0.641. The molecule has 0 aliphatic heterocycles. The van der Waals surface area contributed by atoms with Crippen molar-refractivity contribution in [2.45, 2.75) is 0 Å². The standard InChI is InChI=1S/C7H7N5O/c1-12-3-6(10-11-12)5-2-8-4-9-7(5)13/h2-4H,1H3,(H,8,9,13). The number of aromatic amines is 1. The van der Waals surface area contributed by atoms with Crippen LogP contribution in [0.3, 0.4) is 0 Å². The Kier molecular flexibility index (Phi) is 1.66. The zero-order chi connectivity index (χ0) is 9.26. The van der Waals surface area contributed by atoms with Gasteiger partial charge in [0.15, 0.2) is 0 Å². The van der Waals surface area contributed by atoms with Crippen molar-refractivity contribution in [3.63, 3.8) is 0 Å². The van der Waals surface area contributed by atoms with E-state index < -0.39 is 0 Å². The van der Waals surface area contributed by atoms with Gasteiger partial charge in [-0.15, -0.1) is 5.10 Å². The number of nitrogens with zero attached hydrogens (tertiary/aromatic N) is 4. The molecule has 0 aromatic carbocycles. The highest BCUT2D eigenvalue weighted by Crippen LogP contribution is 2.07. The molecule has 0 saturated carbocycles. The van der Waals surface area contributed by atoms with E-state index in [1.807, 2.05) is 0 Å². The van der Waals surface area contributed by atoms with E-state index in [1.54, 1.807) is 13.2 Å². The van der Waals surface area contributed by atoms with E-state index in [9.17, 15) is 4.79 Å². The van der Waals surface area contributed by atoms with Crippen LogP contribution in [0.5, 0.6) is 0 Å². The third-order valence-corrected chi connectivity index (χ3v) is 1.60. The van der Waals surface area contributed by atoms with Gasteiger partial charge >= 0.3 is 0 Å². The maximum Gasteiger partial charge on any atom is 0.260 e. The van der Waals surface area contributed by atoms with Crippen LogP contribution in [0.25, 0.3) is 11.3 Å². The van der Waals surface area contributed by atoms with Crippen molar-refractivity contribution in [1.29, 1.82) is 0 Å². The SMILES string of the molecule is Cn1cc(-c2cnc[nH]c2=O)nn1. The summed E-state index contributed by atoms with van der Waals surface area (Å²) in [5, 5.41) is 7.52.